The maximum absolute atomic E-state index is 12.8. The molecule has 1 aliphatic rings. The molecule has 0 spiro atoms. The van der Waals surface area contributed by atoms with Gasteiger partial charge in [-0.3, -0.25) is 4.79 Å². The topological polar surface area (TPSA) is 59.0 Å². The van der Waals surface area contributed by atoms with E-state index in [4.69, 9.17) is 0 Å². The SMILES string of the molecule is Cn1cnc2ccc(NC(=C3C(=O)Nc4ccccc43)c3ccccc3)cc21. The number of carbonyl (C=O) groups is 1. The molecule has 0 atom stereocenters. The molecule has 0 fully saturated rings. The molecule has 0 radical (unpaired) electrons. The van der Waals surface area contributed by atoms with Gasteiger partial charge in [-0.1, -0.05) is 48.5 Å². The van der Waals surface area contributed by atoms with Gasteiger partial charge in [0.25, 0.3) is 5.91 Å². The molecule has 5 heteroatoms. The number of para-hydroxylation sites is 1. The number of nitrogens with zero attached hydrogens (tertiary/aromatic N) is 2. The lowest BCUT2D eigenvalue weighted by molar-refractivity contribution is -0.110. The van der Waals surface area contributed by atoms with Crippen LogP contribution in [0.25, 0.3) is 22.3 Å². The Morgan fingerprint density at radius 1 is 1.00 bits per heavy atom. The normalized spacial score (nSPS) is 14.7. The van der Waals surface area contributed by atoms with Crippen LogP contribution >= 0.6 is 0 Å². The first kappa shape index (κ1) is 16.3. The third-order valence-electron chi connectivity index (χ3n) is 4.98. The lowest BCUT2D eigenvalue weighted by Gasteiger charge is -2.15. The molecule has 0 saturated carbocycles. The second-order valence-electron chi connectivity index (χ2n) is 6.80. The monoisotopic (exact) mass is 366 g/mol. The van der Waals surface area contributed by atoms with Crippen molar-refractivity contribution < 1.29 is 4.79 Å². The number of benzene rings is 3. The fourth-order valence-corrected chi connectivity index (χ4v) is 3.60. The molecule has 0 unspecified atom stereocenters. The summed E-state index contributed by atoms with van der Waals surface area (Å²) in [5.41, 5.74) is 6.98. The van der Waals surface area contributed by atoms with Crippen LogP contribution in [0, 0.1) is 0 Å². The number of carbonyl (C=O) groups excluding carboxylic acids is 1. The van der Waals surface area contributed by atoms with E-state index in [9.17, 15) is 4.79 Å². The maximum atomic E-state index is 12.8. The van der Waals surface area contributed by atoms with Crippen LogP contribution in [0.3, 0.4) is 0 Å². The van der Waals surface area contributed by atoms with E-state index in [-0.39, 0.29) is 5.91 Å². The van der Waals surface area contributed by atoms with E-state index in [1.54, 1.807) is 6.33 Å². The molecule has 0 saturated heterocycles. The van der Waals surface area contributed by atoms with Crippen LogP contribution in [0.4, 0.5) is 11.4 Å². The number of amides is 1. The van der Waals surface area contributed by atoms with Crippen molar-refractivity contribution >= 4 is 39.6 Å². The summed E-state index contributed by atoms with van der Waals surface area (Å²) >= 11 is 0. The molecule has 0 bridgehead atoms. The Labute approximate surface area is 162 Å². The van der Waals surface area contributed by atoms with Gasteiger partial charge in [-0.25, -0.2) is 4.98 Å². The summed E-state index contributed by atoms with van der Waals surface area (Å²) in [6, 6.07) is 23.7. The molecule has 3 aromatic carbocycles. The number of nitrogens with one attached hydrogen (secondary N) is 2. The van der Waals surface area contributed by atoms with Crippen LogP contribution in [0.2, 0.25) is 0 Å². The number of aromatic nitrogens is 2. The van der Waals surface area contributed by atoms with Gasteiger partial charge in [-0.15, -0.1) is 0 Å². The molecule has 2 N–H and O–H groups in total. The number of rotatable bonds is 3. The van der Waals surface area contributed by atoms with Gasteiger partial charge in [0, 0.05) is 24.0 Å². The van der Waals surface area contributed by atoms with E-state index in [2.05, 4.69) is 15.6 Å². The van der Waals surface area contributed by atoms with Gasteiger partial charge in [0.05, 0.1) is 28.6 Å². The average Bonchev–Trinajstić information content (AvgIpc) is 3.26. The van der Waals surface area contributed by atoms with Gasteiger partial charge in [-0.05, 0) is 29.8 Å². The van der Waals surface area contributed by atoms with Crippen molar-refractivity contribution in [1.82, 2.24) is 9.55 Å². The van der Waals surface area contributed by atoms with Gasteiger partial charge in [0.15, 0.2) is 0 Å². The fourth-order valence-electron chi connectivity index (χ4n) is 3.60. The summed E-state index contributed by atoms with van der Waals surface area (Å²) in [4.78, 5) is 17.2. The van der Waals surface area contributed by atoms with Gasteiger partial charge >= 0.3 is 0 Å². The summed E-state index contributed by atoms with van der Waals surface area (Å²) < 4.78 is 1.98. The van der Waals surface area contributed by atoms with Crippen molar-refractivity contribution in [2.75, 3.05) is 10.6 Å². The Bertz CT molecular complexity index is 1240. The lowest BCUT2D eigenvalue weighted by atomic mass is 10.00. The molecule has 2 heterocycles. The molecule has 5 nitrogen and oxygen atoms in total. The van der Waals surface area contributed by atoms with E-state index in [1.807, 2.05) is 84.4 Å². The molecule has 5 rings (SSSR count). The van der Waals surface area contributed by atoms with E-state index in [0.29, 0.717) is 5.57 Å². The zero-order chi connectivity index (χ0) is 19.1. The minimum Gasteiger partial charge on any atom is -0.354 e. The highest BCUT2D eigenvalue weighted by Gasteiger charge is 2.28. The molecule has 4 aromatic rings. The molecule has 136 valence electrons. The number of fused-ring (bicyclic) bond motifs is 2. The van der Waals surface area contributed by atoms with Crippen molar-refractivity contribution in [3.8, 4) is 0 Å². The first-order chi connectivity index (χ1) is 13.7. The zero-order valence-electron chi connectivity index (χ0n) is 15.3. The molecular formula is C23H18N4O. The number of aryl methyl sites for hydroxylation is 1. The average molecular weight is 366 g/mol. The zero-order valence-corrected chi connectivity index (χ0v) is 15.3. The van der Waals surface area contributed by atoms with Crippen LogP contribution in [0.1, 0.15) is 11.1 Å². The Morgan fingerprint density at radius 3 is 2.64 bits per heavy atom. The van der Waals surface area contributed by atoms with Gasteiger partial charge in [-0.2, -0.15) is 0 Å². The van der Waals surface area contributed by atoms with Gasteiger partial charge < -0.3 is 15.2 Å². The smallest absolute Gasteiger partial charge is 0.258 e. The summed E-state index contributed by atoms with van der Waals surface area (Å²) in [5, 5.41) is 6.46. The second kappa shape index (κ2) is 6.39. The third-order valence-corrected chi connectivity index (χ3v) is 4.98. The molecular weight excluding hydrogens is 348 g/mol. The standard InChI is InChI=1S/C23H18N4O/c1-27-14-24-19-12-11-16(13-20(19)27)25-22(15-7-3-2-4-8-15)21-17-9-5-6-10-18(17)26-23(21)28/h2-14,25H,1H3,(H,26,28). The van der Waals surface area contributed by atoms with E-state index >= 15 is 0 Å². The maximum Gasteiger partial charge on any atom is 0.258 e. The van der Waals surface area contributed by atoms with Crippen molar-refractivity contribution in [3.05, 3.63) is 90.3 Å². The molecule has 28 heavy (non-hydrogen) atoms. The van der Waals surface area contributed by atoms with Crippen LogP contribution in [0.15, 0.2) is 79.1 Å². The first-order valence-electron chi connectivity index (χ1n) is 9.09. The van der Waals surface area contributed by atoms with Crippen LogP contribution < -0.4 is 10.6 Å². The van der Waals surface area contributed by atoms with E-state index in [1.165, 1.54) is 0 Å². The summed E-state index contributed by atoms with van der Waals surface area (Å²) in [5.74, 6) is -0.103. The Kier molecular flexibility index (Phi) is 3.72. The Morgan fingerprint density at radius 2 is 1.79 bits per heavy atom. The van der Waals surface area contributed by atoms with Crippen molar-refractivity contribution in [3.63, 3.8) is 0 Å². The summed E-state index contributed by atoms with van der Waals surface area (Å²) in [6.07, 6.45) is 1.80. The molecule has 0 aliphatic carbocycles. The quantitative estimate of drug-likeness (QED) is 0.525. The Balaban J connectivity index is 1.69. The molecule has 1 aliphatic heterocycles. The van der Waals surface area contributed by atoms with Crippen molar-refractivity contribution in [1.29, 1.82) is 0 Å². The number of hydrogen-bond acceptors (Lipinski definition) is 3. The minimum atomic E-state index is -0.103. The molecule has 1 aromatic heterocycles. The summed E-state index contributed by atoms with van der Waals surface area (Å²) in [7, 11) is 1.97. The fraction of sp³-hybridized carbons (Fsp3) is 0.0435. The third kappa shape index (κ3) is 2.65. The van der Waals surface area contributed by atoms with Crippen LogP contribution in [-0.4, -0.2) is 15.5 Å². The van der Waals surface area contributed by atoms with Crippen molar-refractivity contribution in [2.24, 2.45) is 7.05 Å². The second-order valence-corrected chi connectivity index (χ2v) is 6.80. The van der Waals surface area contributed by atoms with E-state index < -0.39 is 0 Å². The number of imidazole rings is 1. The highest BCUT2D eigenvalue weighted by atomic mass is 16.2. The van der Waals surface area contributed by atoms with Gasteiger partial charge in [0.2, 0.25) is 0 Å². The van der Waals surface area contributed by atoms with Crippen LogP contribution in [0.5, 0.6) is 0 Å². The first-order valence-corrected chi connectivity index (χ1v) is 9.09. The minimum absolute atomic E-state index is 0.103. The largest absolute Gasteiger partial charge is 0.354 e. The predicted molar refractivity (Wildman–Crippen MR) is 113 cm³/mol. The van der Waals surface area contributed by atoms with E-state index in [0.717, 1.165) is 39.2 Å². The number of anilines is 2. The highest BCUT2D eigenvalue weighted by Crippen LogP contribution is 2.37. The predicted octanol–water partition coefficient (Wildman–Crippen LogP) is 4.51. The molecule has 1 amide bonds. The lowest BCUT2D eigenvalue weighted by Crippen LogP contribution is -2.10. The van der Waals surface area contributed by atoms with Gasteiger partial charge in [0.1, 0.15) is 0 Å². The summed E-state index contributed by atoms with van der Waals surface area (Å²) in [6.45, 7) is 0. The van der Waals surface area contributed by atoms with Crippen molar-refractivity contribution in [2.45, 2.75) is 0 Å². The Hall–Kier alpha value is -3.86. The number of hydrogen-bond donors (Lipinski definition) is 2. The van der Waals surface area contributed by atoms with Crippen LogP contribution in [-0.2, 0) is 11.8 Å². The highest BCUT2D eigenvalue weighted by molar-refractivity contribution is 6.37.